The largest absolute Gasteiger partial charge is 0.322 e. The first-order valence-electron chi connectivity index (χ1n) is 10.3. The zero-order chi connectivity index (χ0) is 21.6. The van der Waals surface area contributed by atoms with Crippen molar-refractivity contribution in [1.82, 2.24) is 29.8 Å². The third-order valence-electron chi connectivity index (χ3n) is 6.24. The molecule has 0 saturated carbocycles. The topological polar surface area (TPSA) is 96.8 Å². The molecule has 1 aromatic carbocycles. The molecular weight excluding hydrogens is 397 g/mol. The first kappa shape index (κ1) is 19.5. The minimum Gasteiger partial charge on any atom is -0.308 e. The van der Waals surface area contributed by atoms with Gasteiger partial charge in [-0.15, -0.1) is 0 Å². The first-order valence-corrected chi connectivity index (χ1v) is 10.3. The van der Waals surface area contributed by atoms with Gasteiger partial charge in [-0.2, -0.15) is 0 Å². The second-order valence-corrected chi connectivity index (χ2v) is 8.45. The van der Waals surface area contributed by atoms with Crippen LogP contribution in [0, 0.1) is 18.7 Å². The van der Waals surface area contributed by atoms with E-state index in [0.717, 1.165) is 42.8 Å². The van der Waals surface area contributed by atoms with Crippen LogP contribution in [0.25, 0.3) is 11.4 Å². The number of hydrogen-bond donors (Lipinski definition) is 1. The third kappa shape index (κ3) is 3.30. The Labute approximate surface area is 179 Å². The van der Waals surface area contributed by atoms with E-state index in [4.69, 9.17) is 0 Å². The monoisotopic (exact) mass is 419 g/mol. The van der Waals surface area contributed by atoms with Crippen molar-refractivity contribution in [2.45, 2.75) is 44.7 Å². The maximum atomic E-state index is 13.3. The minimum atomic E-state index is -0.497. The Balaban J connectivity index is 1.42. The van der Waals surface area contributed by atoms with Gasteiger partial charge in [0.05, 0.1) is 12.4 Å². The summed E-state index contributed by atoms with van der Waals surface area (Å²) in [5.74, 6) is 1.05. The normalized spacial score (nSPS) is 24.4. The Bertz CT molecular complexity index is 1120. The van der Waals surface area contributed by atoms with Crippen molar-refractivity contribution in [1.29, 1.82) is 0 Å². The number of carbonyl (C=O) groups is 1. The number of fused-ring (bicyclic) bond motifs is 2. The van der Waals surface area contributed by atoms with E-state index in [1.807, 2.05) is 30.0 Å². The average Bonchev–Trinajstić information content (AvgIpc) is 2.76. The number of aryl methyl sites for hydroxylation is 1. The molecule has 31 heavy (non-hydrogen) atoms. The molecule has 2 saturated heterocycles. The van der Waals surface area contributed by atoms with Crippen molar-refractivity contribution >= 4 is 11.7 Å². The average molecular weight is 419 g/mol. The summed E-state index contributed by atoms with van der Waals surface area (Å²) in [6, 6.07) is 5.52. The van der Waals surface area contributed by atoms with E-state index in [1.54, 1.807) is 0 Å². The highest BCUT2D eigenvalue weighted by atomic mass is 19.1. The van der Waals surface area contributed by atoms with Gasteiger partial charge in [0.25, 0.3) is 0 Å². The van der Waals surface area contributed by atoms with Crippen LogP contribution < -0.4 is 5.32 Å². The van der Waals surface area contributed by atoms with Gasteiger partial charge in [-0.1, -0.05) is 13.0 Å². The summed E-state index contributed by atoms with van der Waals surface area (Å²) in [5, 5.41) is 3.02. The van der Waals surface area contributed by atoms with Crippen molar-refractivity contribution in [2.24, 2.45) is 5.92 Å². The van der Waals surface area contributed by atoms with Crippen molar-refractivity contribution in [3.05, 3.63) is 60.5 Å². The molecule has 0 radical (unpaired) electrons. The summed E-state index contributed by atoms with van der Waals surface area (Å²) in [6.07, 6.45) is 7.87. The van der Waals surface area contributed by atoms with Gasteiger partial charge in [0.2, 0.25) is 0 Å². The van der Waals surface area contributed by atoms with Crippen LogP contribution >= 0.6 is 0 Å². The molecule has 3 aromatic rings. The highest BCUT2D eigenvalue weighted by Crippen LogP contribution is 2.54. The number of halogens is 1. The van der Waals surface area contributed by atoms with Crippen molar-refractivity contribution in [3.63, 3.8) is 0 Å². The van der Waals surface area contributed by atoms with Crippen LogP contribution in [0.15, 0.2) is 43.2 Å². The van der Waals surface area contributed by atoms with Crippen LogP contribution in [-0.4, -0.2) is 41.9 Å². The van der Waals surface area contributed by atoms with Crippen LogP contribution in [0.4, 0.5) is 14.9 Å². The van der Waals surface area contributed by atoms with Gasteiger partial charge in [-0.05, 0) is 49.8 Å². The second kappa shape index (κ2) is 7.33. The number of piperidine rings is 1. The Morgan fingerprint density at radius 3 is 2.65 bits per heavy atom. The summed E-state index contributed by atoms with van der Waals surface area (Å²) < 4.78 is 13.2. The molecule has 2 aromatic heterocycles. The van der Waals surface area contributed by atoms with Crippen LogP contribution in [0.2, 0.25) is 0 Å². The lowest BCUT2D eigenvalue weighted by Gasteiger charge is -2.62. The van der Waals surface area contributed by atoms with Gasteiger partial charge in [0.15, 0.2) is 17.5 Å². The van der Waals surface area contributed by atoms with Crippen molar-refractivity contribution in [3.8, 4) is 11.4 Å². The van der Waals surface area contributed by atoms with E-state index < -0.39 is 11.4 Å². The number of nitrogens with zero attached hydrogens (tertiary/aromatic N) is 6. The number of aromatic nitrogens is 5. The highest BCUT2D eigenvalue weighted by Gasteiger charge is 2.60. The predicted octanol–water partition coefficient (Wildman–Crippen LogP) is 3.71. The number of anilines is 1. The molecule has 9 heteroatoms. The Kier molecular flexibility index (Phi) is 4.60. The molecule has 0 aliphatic carbocycles. The van der Waals surface area contributed by atoms with E-state index in [-0.39, 0.29) is 12.1 Å². The van der Waals surface area contributed by atoms with E-state index in [9.17, 15) is 9.18 Å². The van der Waals surface area contributed by atoms with Gasteiger partial charge in [0, 0.05) is 17.3 Å². The Morgan fingerprint density at radius 2 is 1.90 bits per heavy atom. The zero-order valence-corrected chi connectivity index (χ0v) is 17.3. The molecule has 5 rings (SSSR count). The number of amides is 2. The lowest BCUT2D eigenvalue weighted by atomic mass is 9.64. The second-order valence-electron chi connectivity index (χ2n) is 8.45. The molecule has 3 atom stereocenters. The number of urea groups is 1. The van der Waals surface area contributed by atoms with Crippen molar-refractivity contribution < 1.29 is 9.18 Å². The molecule has 2 bridgehead atoms. The third-order valence-corrected chi connectivity index (χ3v) is 6.24. The number of rotatable bonds is 3. The molecule has 158 valence electrons. The molecule has 2 fully saturated rings. The van der Waals surface area contributed by atoms with Gasteiger partial charge >= 0.3 is 6.03 Å². The van der Waals surface area contributed by atoms with Crippen LogP contribution in [0.3, 0.4) is 0 Å². The molecular formula is C22H22FN7O. The Morgan fingerprint density at radius 1 is 1.16 bits per heavy atom. The quantitative estimate of drug-likeness (QED) is 0.695. The fourth-order valence-electron chi connectivity index (χ4n) is 5.02. The zero-order valence-electron chi connectivity index (χ0n) is 17.3. The highest BCUT2D eigenvalue weighted by molar-refractivity contribution is 5.92. The molecule has 4 heterocycles. The molecule has 2 amide bonds. The Hall–Kier alpha value is -3.49. The summed E-state index contributed by atoms with van der Waals surface area (Å²) in [6.45, 7) is 4.12. The molecule has 2 aliphatic heterocycles. The predicted molar refractivity (Wildman–Crippen MR) is 111 cm³/mol. The van der Waals surface area contributed by atoms with E-state index in [0.29, 0.717) is 23.3 Å². The van der Waals surface area contributed by atoms with Crippen LogP contribution in [0.5, 0.6) is 0 Å². The molecule has 1 N–H and O–H groups in total. The van der Waals surface area contributed by atoms with Crippen LogP contribution in [-0.2, 0) is 5.54 Å². The number of nitrogens with one attached hydrogen (secondary N) is 1. The maximum Gasteiger partial charge on any atom is 0.322 e. The van der Waals surface area contributed by atoms with Gasteiger partial charge in [0.1, 0.15) is 18.2 Å². The van der Waals surface area contributed by atoms with E-state index in [2.05, 4.69) is 37.2 Å². The summed E-state index contributed by atoms with van der Waals surface area (Å²) >= 11 is 0. The number of benzene rings is 1. The number of hydrogen-bond acceptors (Lipinski definition) is 6. The van der Waals surface area contributed by atoms with Crippen molar-refractivity contribution in [2.75, 3.05) is 5.32 Å². The summed E-state index contributed by atoms with van der Waals surface area (Å²) in [4.78, 5) is 36.0. The number of carbonyl (C=O) groups excluding carboxylic acids is 1. The fourth-order valence-corrected chi connectivity index (χ4v) is 5.02. The van der Waals surface area contributed by atoms with Gasteiger partial charge in [-0.3, -0.25) is 0 Å². The lowest BCUT2D eigenvalue weighted by Crippen LogP contribution is -2.70. The van der Waals surface area contributed by atoms with Gasteiger partial charge < -0.3 is 10.2 Å². The molecule has 8 nitrogen and oxygen atoms in total. The molecule has 0 spiro atoms. The van der Waals surface area contributed by atoms with Gasteiger partial charge in [-0.25, -0.2) is 34.1 Å². The fraction of sp³-hybridized carbons (Fsp3) is 0.364. The summed E-state index contributed by atoms with van der Waals surface area (Å²) in [5.41, 5.74) is 1.80. The molecule has 0 unspecified atom stereocenters. The first-order chi connectivity index (χ1) is 15.0. The standard InChI is InChI=1S/C22H22FN7O/c1-13-5-17-8-22(7-13,20-27-11-24-12-28-20)30(17)21(31)29-16-4-3-14(2)18(6-16)19-25-9-15(23)10-26-19/h3-4,6,9-13,17H,5,7-8H2,1-2H3,(H,29,31)/t13-,17+,22-/m0/s1. The lowest BCUT2D eigenvalue weighted by molar-refractivity contribution is -0.100. The molecule has 2 aliphatic rings. The van der Waals surface area contributed by atoms with E-state index in [1.165, 1.54) is 12.7 Å². The smallest absolute Gasteiger partial charge is 0.308 e. The summed E-state index contributed by atoms with van der Waals surface area (Å²) in [7, 11) is 0. The SMILES string of the molecule is Cc1ccc(NC(=O)N2[C@@H]3C[C@H](C)C[C@@]2(c2ncncn2)C3)cc1-c1ncc(F)cn1. The maximum absolute atomic E-state index is 13.3. The van der Waals surface area contributed by atoms with Crippen LogP contribution in [0.1, 0.15) is 37.6 Å². The minimum absolute atomic E-state index is 0.158. The van der Waals surface area contributed by atoms with E-state index >= 15 is 0 Å².